The molecule has 0 amide bonds. The molecule has 1 unspecified atom stereocenters. The van der Waals surface area contributed by atoms with E-state index in [0.717, 1.165) is 35.4 Å². The number of rotatable bonds is 3. The lowest BCUT2D eigenvalue weighted by Gasteiger charge is -2.29. The molecular formula is C21H21Cl3N2O. The smallest absolute Gasteiger partial charge is 0.106 e. The number of benzene rings is 2. The van der Waals surface area contributed by atoms with Gasteiger partial charge >= 0.3 is 0 Å². The van der Waals surface area contributed by atoms with Crippen LogP contribution in [0, 0.1) is 0 Å². The largest absolute Gasteiger partial charge is 0.384 e. The van der Waals surface area contributed by atoms with Gasteiger partial charge in [-0.05, 0) is 49.9 Å². The van der Waals surface area contributed by atoms with Crippen molar-refractivity contribution in [1.82, 2.24) is 9.47 Å². The fourth-order valence-electron chi connectivity index (χ4n) is 4.06. The number of likely N-dealkylation sites (N-methyl/N-ethyl adjacent to an activating group) is 1. The van der Waals surface area contributed by atoms with Crippen molar-refractivity contribution in [1.29, 1.82) is 0 Å². The summed E-state index contributed by atoms with van der Waals surface area (Å²) in [6.07, 6.45) is 0.933. The lowest BCUT2D eigenvalue weighted by Crippen LogP contribution is -2.31. The van der Waals surface area contributed by atoms with E-state index >= 15 is 0 Å². The van der Waals surface area contributed by atoms with Crippen molar-refractivity contribution in [2.75, 3.05) is 13.6 Å². The van der Waals surface area contributed by atoms with Gasteiger partial charge in [0.15, 0.2) is 0 Å². The Labute approximate surface area is 174 Å². The minimum atomic E-state index is -1.13. The molecule has 0 saturated carbocycles. The third-order valence-electron chi connectivity index (χ3n) is 5.38. The molecule has 0 aliphatic carbocycles. The first kappa shape index (κ1) is 19.1. The molecule has 0 fully saturated rings. The van der Waals surface area contributed by atoms with Crippen LogP contribution in [-0.2, 0) is 25.1 Å². The fourth-order valence-corrected chi connectivity index (χ4v) is 4.84. The van der Waals surface area contributed by atoms with Gasteiger partial charge in [0.2, 0.25) is 0 Å². The highest BCUT2D eigenvalue weighted by Gasteiger charge is 2.30. The topological polar surface area (TPSA) is 28.4 Å². The Hall–Kier alpha value is -1.23. The summed E-state index contributed by atoms with van der Waals surface area (Å²) in [6, 6.07) is 11.2. The third kappa shape index (κ3) is 3.48. The van der Waals surface area contributed by atoms with Crippen LogP contribution in [0.1, 0.15) is 23.7 Å². The predicted molar refractivity (Wildman–Crippen MR) is 113 cm³/mol. The monoisotopic (exact) mass is 422 g/mol. The molecule has 4 rings (SSSR count). The number of hydrogen-bond acceptors (Lipinski definition) is 2. The van der Waals surface area contributed by atoms with Crippen molar-refractivity contribution < 1.29 is 5.11 Å². The molecule has 1 aliphatic rings. The van der Waals surface area contributed by atoms with Crippen LogP contribution in [-0.4, -0.2) is 28.2 Å². The first-order valence-electron chi connectivity index (χ1n) is 8.92. The predicted octanol–water partition coefficient (Wildman–Crippen LogP) is 5.50. The van der Waals surface area contributed by atoms with Gasteiger partial charge in [-0.25, -0.2) is 0 Å². The molecule has 6 heteroatoms. The molecule has 1 N–H and O–H groups in total. The van der Waals surface area contributed by atoms with E-state index in [9.17, 15) is 5.11 Å². The van der Waals surface area contributed by atoms with Crippen LogP contribution in [0.4, 0.5) is 0 Å². The Morgan fingerprint density at radius 3 is 2.52 bits per heavy atom. The second-order valence-electron chi connectivity index (χ2n) is 7.56. The lowest BCUT2D eigenvalue weighted by atomic mass is 9.95. The normalized spacial score (nSPS) is 17.1. The number of nitrogens with zero attached hydrogens (tertiary/aromatic N) is 2. The number of hydrogen-bond donors (Lipinski definition) is 1. The van der Waals surface area contributed by atoms with Crippen molar-refractivity contribution >= 4 is 45.7 Å². The summed E-state index contributed by atoms with van der Waals surface area (Å²) >= 11 is 18.7. The van der Waals surface area contributed by atoms with Crippen molar-refractivity contribution in [3.8, 4) is 0 Å². The molecular weight excluding hydrogens is 403 g/mol. The number of aliphatic hydroxyl groups is 1. The van der Waals surface area contributed by atoms with E-state index in [2.05, 4.69) is 16.5 Å². The molecule has 3 aromatic rings. The highest BCUT2D eigenvalue weighted by atomic mass is 35.5. The zero-order valence-electron chi connectivity index (χ0n) is 15.3. The van der Waals surface area contributed by atoms with Gasteiger partial charge in [0, 0.05) is 56.7 Å². The summed E-state index contributed by atoms with van der Waals surface area (Å²) in [4.78, 5) is 2.31. The third-order valence-corrected chi connectivity index (χ3v) is 6.17. The fraction of sp³-hybridized carbons (Fsp3) is 0.333. The molecule has 2 aromatic carbocycles. The molecule has 0 radical (unpaired) electrons. The van der Waals surface area contributed by atoms with E-state index in [-0.39, 0.29) is 0 Å². The zero-order valence-corrected chi connectivity index (χ0v) is 17.5. The van der Waals surface area contributed by atoms with Crippen LogP contribution in [0.2, 0.25) is 15.1 Å². The minimum absolute atomic E-state index is 0.408. The molecule has 1 aliphatic heterocycles. The van der Waals surface area contributed by atoms with Gasteiger partial charge in [0.25, 0.3) is 0 Å². The van der Waals surface area contributed by atoms with Crippen LogP contribution in [0.15, 0.2) is 36.4 Å². The summed E-state index contributed by atoms with van der Waals surface area (Å²) in [5, 5.41) is 14.2. The summed E-state index contributed by atoms with van der Waals surface area (Å²) in [5.74, 6) is 0. The van der Waals surface area contributed by atoms with E-state index in [4.69, 9.17) is 34.8 Å². The molecule has 2 heterocycles. The average Bonchev–Trinajstić information content (AvgIpc) is 2.86. The molecule has 0 saturated heterocycles. The standard InChI is InChI=1S/C21H21Cl3N2O/c1-21(27,17-5-3-14(23)10-18(17)24)12-26-19-6-4-13(22)9-15(19)16-11-25(2)8-7-20(16)26/h3-6,9-10,27H,7-8,11-12H2,1-2H3. The highest BCUT2D eigenvalue weighted by molar-refractivity contribution is 6.35. The SMILES string of the molecule is CN1CCc2c(c3cc(Cl)ccc3n2CC(C)(O)c2ccc(Cl)cc2Cl)C1. The first-order chi connectivity index (χ1) is 12.8. The van der Waals surface area contributed by atoms with Crippen molar-refractivity contribution in [3.05, 3.63) is 68.3 Å². The molecule has 1 aromatic heterocycles. The molecule has 0 spiro atoms. The van der Waals surface area contributed by atoms with Gasteiger partial charge in [0.1, 0.15) is 5.60 Å². The minimum Gasteiger partial charge on any atom is -0.384 e. The summed E-state index contributed by atoms with van der Waals surface area (Å²) < 4.78 is 2.22. The van der Waals surface area contributed by atoms with Crippen LogP contribution < -0.4 is 0 Å². The van der Waals surface area contributed by atoms with Crippen molar-refractivity contribution in [2.45, 2.75) is 32.0 Å². The van der Waals surface area contributed by atoms with Crippen molar-refractivity contribution in [3.63, 3.8) is 0 Å². The highest BCUT2D eigenvalue weighted by Crippen LogP contribution is 2.37. The number of fused-ring (bicyclic) bond motifs is 3. The summed E-state index contributed by atoms with van der Waals surface area (Å²) in [6.45, 7) is 4.07. The second kappa shape index (κ2) is 6.98. The van der Waals surface area contributed by atoms with Gasteiger partial charge in [-0.1, -0.05) is 40.9 Å². The van der Waals surface area contributed by atoms with E-state index in [1.54, 1.807) is 25.1 Å². The van der Waals surface area contributed by atoms with Gasteiger partial charge in [0.05, 0.1) is 6.54 Å². The van der Waals surface area contributed by atoms with E-state index in [0.29, 0.717) is 22.2 Å². The van der Waals surface area contributed by atoms with Crippen LogP contribution >= 0.6 is 34.8 Å². The van der Waals surface area contributed by atoms with Crippen LogP contribution in [0.25, 0.3) is 10.9 Å². The maximum absolute atomic E-state index is 11.3. The van der Waals surface area contributed by atoms with E-state index < -0.39 is 5.60 Å². The molecule has 142 valence electrons. The van der Waals surface area contributed by atoms with Crippen LogP contribution in [0.5, 0.6) is 0 Å². The second-order valence-corrected chi connectivity index (χ2v) is 8.84. The Kier molecular flexibility index (Phi) is 4.94. The maximum Gasteiger partial charge on any atom is 0.106 e. The quantitative estimate of drug-likeness (QED) is 0.603. The van der Waals surface area contributed by atoms with Gasteiger partial charge < -0.3 is 14.6 Å². The summed E-state index contributed by atoms with van der Waals surface area (Å²) in [5.41, 5.74) is 3.18. The Balaban J connectivity index is 1.84. The van der Waals surface area contributed by atoms with Crippen molar-refractivity contribution in [2.24, 2.45) is 0 Å². The Morgan fingerprint density at radius 1 is 1.07 bits per heavy atom. The Bertz CT molecular complexity index is 1030. The lowest BCUT2D eigenvalue weighted by molar-refractivity contribution is 0.0386. The number of halogens is 3. The first-order valence-corrected chi connectivity index (χ1v) is 10.1. The molecule has 0 bridgehead atoms. The van der Waals surface area contributed by atoms with E-state index in [1.165, 1.54) is 11.3 Å². The zero-order chi connectivity index (χ0) is 19.3. The maximum atomic E-state index is 11.3. The Morgan fingerprint density at radius 2 is 1.78 bits per heavy atom. The number of aromatic nitrogens is 1. The summed E-state index contributed by atoms with van der Waals surface area (Å²) in [7, 11) is 2.13. The molecule has 1 atom stereocenters. The van der Waals surface area contributed by atoms with Gasteiger partial charge in [-0.15, -0.1) is 0 Å². The van der Waals surface area contributed by atoms with E-state index in [1.807, 2.05) is 18.2 Å². The van der Waals surface area contributed by atoms with Gasteiger partial charge in [-0.2, -0.15) is 0 Å². The molecule has 3 nitrogen and oxygen atoms in total. The average molecular weight is 424 g/mol. The van der Waals surface area contributed by atoms with Crippen LogP contribution in [0.3, 0.4) is 0 Å². The van der Waals surface area contributed by atoms with Gasteiger partial charge in [-0.3, -0.25) is 0 Å². The molecule has 27 heavy (non-hydrogen) atoms.